The van der Waals surface area contributed by atoms with Crippen molar-refractivity contribution in [2.75, 3.05) is 59.4 Å². The first-order chi connectivity index (χ1) is 12.2. The van der Waals surface area contributed by atoms with Crippen molar-refractivity contribution in [1.29, 1.82) is 0 Å². The third kappa shape index (κ3) is 8.64. The van der Waals surface area contributed by atoms with E-state index in [2.05, 4.69) is 39.4 Å². The average molecular weight is 477 g/mol. The van der Waals surface area contributed by atoms with E-state index in [9.17, 15) is 4.39 Å². The lowest BCUT2D eigenvalue weighted by Crippen LogP contribution is -2.39. The molecule has 1 aromatic carbocycles. The summed E-state index contributed by atoms with van der Waals surface area (Å²) in [6.07, 6.45) is 1.87. The maximum atomic E-state index is 13.6. The summed E-state index contributed by atoms with van der Waals surface area (Å²) in [6.45, 7) is 9.88. The summed E-state index contributed by atoms with van der Waals surface area (Å²) in [6, 6.07) is 6.93. The molecule has 2 rings (SSSR count). The Labute approximate surface area is 174 Å². The third-order valence-corrected chi connectivity index (χ3v) is 4.49. The Bertz CT molecular complexity index is 540. The van der Waals surface area contributed by atoms with Gasteiger partial charge in [-0.1, -0.05) is 18.2 Å². The van der Waals surface area contributed by atoms with E-state index in [1.165, 1.54) is 19.0 Å². The van der Waals surface area contributed by atoms with Crippen molar-refractivity contribution in [2.24, 2.45) is 4.99 Å². The van der Waals surface area contributed by atoms with Gasteiger partial charge in [0.1, 0.15) is 5.82 Å². The predicted octanol–water partition coefficient (Wildman–Crippen LogP) is 2.18. The topological polar surface area (TPSA) is 42.9 Å². The smallest absolute Gasteiger partial charge is 0.191 e. The van der Waals surface area contributed by atoms with Gasteiger partial charge >= 0.3 is 0 Å². The summed E-state index contributed by atoms with van der Waals surface area (Å²) in [5, 5.41) is 6.56. The molecule has 0 aliphatic carbocycles. The van der Waals surface area contributed by atoms with Crippen LogP contribution in [0.25, 0.3) is 0 Å². The molecule has 0 aromatic heterocycles. The second-order valence-electron chi connectivity index (χ2n) is 6.53. The number of halogens is 2. The van der Waals surface area contributed by atoms with Crippen LogP contribution >= 0.6 is 24.0 Å². The first-order valence-corrected chi connectivity index (χ1v) is 9.35. The van der Waals surface area contributed by atoms with Crippen LogP contribution in [0.15, 0.2) is 29.3 Å². The van der Waals surface area contributed by atoms with Crippen LogP contribution in [-0.2, 0) is 6.42 Å². The molecule has 0 spiro atoms. The normalized spacial score (nSPS) is 16.7. The summed E-state index contributed by atoms with van der Waals surface area (Å²) in [5.74, 6) is 0.670. The van der Waals surface area contributed by atoms with Crippen LogP contribution in [0.1, 0.15) is 18.9 Å². The van der Waals surface area contributed by atoms with Crippen LogP contribution in [0, 0.1) is 5.82 Å². The van der Waals surface area contributed by atoms with E-state index in [-0.39, 0.29) is 29.8 Å². The first-order valence-electron chi connectivity index (χ1n) is 9.35. The van der Waals surface area contributed by atoms with Crippen molar-refractivity contribution in [3.05, 3.63) is 35.6 Å². The van der Waals surface area contributed by atoms with Crippen LogP contribution < -0.4 is 10.6 Å². The number of nitrogens with zero attached hydrogens (tertiary/aromatic N) is 3. The van der Waals surface area contributed by atoms with Gasteiger partial charge in [-0.05, 0) is 51.5 Å². The fourth-order valence-corrected chi connectivity index (χ4v) is 2.99. The summed E-state index contributed by atoms with van der Waals surface area (Å²) < 4.78 is 13.6. The molecule has 26 heavy (non-hydrogen) atoms. The van der Waals surface area contributed by atoms with Crippen LogP contribution in [0.2, 0.25) is 0 Å². The molecule has 1 saturated heterocycles. The highest BCUT2D eigenvalue weighted by Crippen LogP contribution is 2.06. The van der Waals surface area contributed by atoms with E-state index >= 15 is 0 Å². The van der Waals surface area contributed by atoms with Gasteiger partial charge in [0.05, 0.1) is 6.54 Å². The molecule has 7 heteroatoms. The molecule has 5 nitrogen and oxygen atoms in total. The lowest BCUT2D eigenvalue weighted by Gasteiger charge is -2.19. The Hall–Kier alpha value is -0.930. The van der Waals surface area contributed by atoms with Gasteiger partial charge in [0, 0.05) is 32.7 Å². The zero-order chi connectivity index (χ0) is 17.9. The van der Waals surface area contributed by atoms with Crippen molar-refractivity contribution in [1.82, 2.24) is 20.4 Å². The van der Waals surface area contributed by atoms with Gasteiger partial charge in [0.15, 0.2) is 5.96 Å². The van der Waals surface area contributed by atoms with Gasteiger partial charge in [0.25, 0.3) is 0 Å². The minimum atomic E-state index is -0.141. The van der Waals surface area contributed by atoms with E-state index in [0.717, 1.165) is 50.8 Å². The number of rotatable bonds is 7. The molecule has 1 heterocycles. The van der Waals surface area contributed by atoms with Crippen LogP contribution in [0.5, 0.6) is 0 Å². The first kappa shape index (κ1) is 23.1. The highest BCUT2D eigenvalue weighted by Gasteiger charge is 2.11. The maximum Gasteiger partial charge on any atom is 0.191 e. The van der Waals surface area contributed by atoms with Crippen molar-refractivity contribution in [2.45, 2.75) is 19.8 Å². The quantitative estimate of drug-likeness (QED) is 0.359. The summed E-state index contributed by atoms with van der Waals surface area (Å²) >= 11 is 0. The second kappa shape index (κ2) is 13.3. The van der Waals surface area contributed by atoms with Crippen LogP contribution in [0.4, 0.5) is 4.39 Å². The van der Waals surface area contributed by atoms with Gasteiger partial charge in [-0.3, -0.25) is 4.99 Å². The number of hydrogen-bond acceptors (Lipinski definition) is 3. The van der Waals surface area contributed by atoms with E-state index in [1.807, 2.05) is 12.1 Å². The van der Waals surface area contributed by atoms with E-state index in [1.54, 1.807) is 6.07 Å². The number of likely N-dealkylation sites (N-methyl/N-ethyl adjacent to an activating group) is 1. The van der Waals surface area contributed by atoms with Gasteiger partial charge < -0.3 is 20.4 Å². The largest absolute Gasteiger partial charge is 0.357 e. The molecule has 1 aliphatic rings. The van der Waals surface area contributed by atoms with Gasteiger partial charge in [-0.2, -0.15) is 0 Å². The molecule has 148 valence electrons. The molecule has 0 unspecified atom stereocenters. The average Bonchev–Trinajstić information content (AvgIpc) is 2.81. The Kier molecular flexibility index (Phi) is 11.8. The molecule has 0 amide bonds. The Morgan fingerprint density at radius 1 is 1.15 bits per heavy atom. The monoisotopic (exact) mass is 477 g/mol. The Balaban J connectivity index is 0.00000338. The molecule has 1 aromatic rings. The van der Waals surface area contributed by atoms with Crippen molar-refractivity contribution in [3.8, 4) is 0 Å². The molecular weight excluding hydrogens is 444 g/mol. The summed E-state index contributed by atoms with van der Waals surface area (Å²) in [7, 11) is 2.18. The lowest BCUT2D eigenvalue weighted by molar-refractivity contribution is 0.283. The van der Waals surface area contributed by atoms with Crippen molar-refractivity contribution >= 4 is 29.9 Å². The van der Waals surface area contributed by atoms with Crippen LogP contribution in [0.3, 0.4) is 0 Å². The molecule has 0 bridgehead atoms. The zero-order valence-electron chi connectivity index (χ0n) is 16.0. The second-order valence-corrected chi connectivity index (χ2v) is 6.53. The zero-order valence-corrected chi connectivity index (χ0v) is 18.3. The summed E-state index contributed by atoms with van der Waals surface area (Å²) in [4.78, 5) is 9.52. The van der Waals surface area contributed by atoms with Crippen molar-refractivity contribution in [3.63, 3.8) is 0 Å². The van der Waals surface area contributed by atoms with Gasteiger partial charge in [-0.15, -0.1) is 24.0 Å². The van der Waals surface area contributed by atoms with Crippen LogP contribution in [-0.4, -0.2) is 75.2 Å². The third-order valence-electron chi connectivity index (χ3n) is 4.49. The molecule has 1 aliphatic heterocycles. The van der Waals surface area contributed by atoms with E-state index < -0.39 is 0 Å². The predicted molar refractivity (Wildman–Crippen MR) is 118 cm³/mol. The lowest BCUT2D eigenvalue weighted by atomic mass is 10.1. The molecular formula is C19H33FIN5. The molecule has 0 atom stereocenters. The summed E-state index contributed by atoms with van der Waals surface area (Å²) in [5.41, 5.74) is 0.736. The fourth-order valence-electron chi connectivity index (χ4n) is 2.99. The SMILES string of the molecule is CCNC(=NCCN1CCCN(C)CC1)NCCc1ccccc1F.I. The minimum Gasteiger partial charge on any atom is -0.357 e. The number of benzene rings is 1. The van der Waals surface area contributed by atoms with Crippen molar-refractivity contribution < 1.29 is 4.39 Å². The molecule has 0 saturated carbocycles. The van der Waals surface area contributed by atoms with Gasteiger partial charge in [-0.25, -0.2) is 4.39 Å². The maximum absolute atomic E-state index is 13.6. The van der Waals surface area contributed by atoms with Gasteiger partial charge in [0.2, 0.25) is 0 Å². The Morgan fingerprint density at radius 2 is 1.96 bits per heavy atom. The fraction of sp³-hybridized carbons (Fsp3) is 0.632. The molecule has 1 fully saturated rings. The highest BCUT2D eigenvalue weighted by molar-refractivity contribution is 14.0. The highest BCUT2D eigenvalue weighted by atomic mass is 127. The minimum absolute atomic E-state index is 0. The number of nitrogens with one attached hydrogen (secondary N) is 2. The standard InChI is InChI=1S/C19H32FN5.HI/c1-3-21-19(22-10-9-17-7-4-5-8-18(17)20)23-11-14-25-13-6-12-24(2)15-16-25;/h4-5,7-8H,3,6,9-16H2,1-2H3,(H2,21,22,23);1H. The number of aliphatic imine (C=N–C) groups is 1. The molecule has 0 radical (unpaired) electrons. The van der Waals surface area contributed by atoms with E-state index in [0.29, 0.717) is 13.0 Å². The van der Waals surface area contributed by atoms with E-state index in [4.69, 9.17) is 0 Å². The molecule has 2 N–H and O–H groups in total. The number of hydrogen-bond donors (Lipinski definition) is 2. The Morgan fingerprint density at radius 3 is 2.73 bits per heavy atom. The number of guanidine groups is 1.